The van der Waals surface area contributed by atoms with Crippen LogP contribution in [0.15, 0.2) is 200 Å². The number of H-pyrrole nitrogens is 1. The van der Waals surface area contributed by atoms with E-state index >= 15 is 0 Å². The number of nitriles is 3. The molecule has 31 heteroatoms. The molecule has 0 unspecified atom stereocenters. The zero-order valence-electron chi connectivity index (χ0n) is 62.5. The van der Waals surface area contributed by atoms with Gasteiger partial charge in [-0.1, -0.05) is 111 Å². The van der Waals surface area contributed by atoms with Crippen molar-refractivity contribution >= 4 is 102 Å². The summed E-state index contributed by atoms with van der Waals surface area (Å²) in [5.74, 6) is -1.47. The van der Waals surface area contributed by atoms with E-state index in [1.807, 2.05) is 80.5 Å². The van der Waals surface area contributed by atoms with Gasteiger partial charge >= 0.3 is 12.4 Å². The number of halogens is 8. The fraction of sp³-hybridized carbons (Fsp3) is 0.247. The van der Waals surface area contributed by atoms with Crippen molar-refractivity contribution in [3.8, 4) is 51.8 Å². The van der Waals surface area contributed by atoms with Gasteiger partial charge in [0.15, 0.2) is 29.5 Å². The highest BCUT2D eigenvalue weighted by atomic mass is 79.9. The van der Waals surface area contributed by atoms with Crippen LogP contribution in [0.1, 0.15) is 138 Å². The highest BCUT2D eigenvalue weighted by Gasteiger charge is 2.36. The number of carbonyl (C=O) groups is 3. The van der Waals surface area contributed by atoms with Crippen LogP contribution in [0.25, 0.3) is 33.6 Å². The number of aromatic amines is 1. The third kappa shape index (κ3) is 24.1. The quantitative estimate of drug-likeness (QED) is 0.0470. The highest BCUT2D eigenvalue weighted by molar-refractivity contribution is 9.10. The SMILES string of the molecule is Cc1cc(C(=O)Nc2ccc(-c3ccccc3C(F)(F)F)c(-c3nn[nH]n3)c2)ccc1S(=O)(=O)CC(C)(C)C.Cc1cc(C(=O)Nc2ccc(-c3ccccc3C(F)(F)F)c(C#N)c2)ccc1S(=O)(=O)CC(C)(C)C.Cc1cc(C(=O)Nc2ccc(Br)c(C#N)c2)ccc1S(=O)(=O)CC(C)(C)C.N#Cc1cc(N)ccc1Br. The number of tetrazole rings is 1. The van der Waals surface area contributed by atoms with Crippen molar-refractivity contribution in [2.24, 2.45) is 16.2 Å². The summed E-state index contributed by atoms with van der Waals surface area (Å²) in [5, 5.41) is 48.8. The monoisotopic (exact) mass is 1720 g/mol. The molecule has 20 nitrogen and oxygen atoms in total. The summed E-state index contributed by atoms with van der Waals surface area (Å²) in [6.07, 6.45) is -9.19. The van der Waals surface area contributed by atoms with Crippen molar-refractivity contribution in [1.29, 1.82) is 15.8 Å². The standard InChI is InChI=1S/C27H26F3N5O3S.C27H25F3N2O3S.C20H21BrN2O3S.C7H5BrN2/c1-16-13-17(9-12-23(16)39(37,38)15-26(2,3)4)25(36)31-18-10-11-19(21(14-18)24-32-34-35-33-24)20-7-5-6-8-22(20)27(28,29)30;1-17-13-18(9-12-24(17)36(34,35)16-26(2,3)4)25(33)32-20-10-11-21(19(14-20)15-31)22-7-5-6-8-23(22)27(28,29)30;1-13-9-14(5-8-18(13)27(25,26)12-20(2,3)4)19(24)23-16-6-7-17(21)15(10-16)11-22;8-7-2-1-6(10)3-5(7)4-9/h5-14H,15H2,1-4H3,(H,31,36)(H,32,33,34,35);5-14H,16H2,1-4H3,(H,32,33);5-10H,12H2,1-4H3,(H,23,24);1-3H,10H2. The van der Waals surface area contributed by atoms with E-state index < -0.39 is 75.6 Å². The lowest BCUT2D eigenvalue weighted by molar-refractivity contribution is -0.137. The molecule has 3 amide bonds. The van der Waals surface area contributed by atoms with E-state index in [4.69, 9.17) is 16.3 Å². The number of hydrogen-bond donors (Lipinski definition) is 5. The van der Waals surface area contributed by atoms with Crippen molar-refractivity contribution in [1.82, 2.24) is 20.6 Å². The fourth-order valence-corrected chi connectivity index (χ4v) is 18.5. The first-order valence-corrected chi connectivity index (χ1v) is 40.3. The molecule has 0 atom stereocenters. The van der Waals surface area contributed by atoms with Crippen LogP contribution < -0.4 is 21.7 Å². The maximum Gasteiger partial charge on any atom is 0.417 e. The molecule has 6 N–H and O–H groups in total. The summed E-state index contributed by atoms with van der Waals surface area (Å²) in [6.45, 7) is 21.5. The normalized spacial score (nSPS) is 11.8. The predicted octanol–water partition coefficient (Wildman–Crippen LogP) is 19.2. The Labute approximate surface area is 662 Å². The van der Waals surface area contributed by atoms with Gasteiger partial charge in [-0.2, -0.15) is 47.3 Å². The molecule has 584 valence electrons. The molecule has 0 aliphatic carbocycles. The number of hydrogen-bond acceptors (Lipinski definition) is 16. The molecule has 0 bridgehead atoms. The van der Waals surface area contributed by atoms with E-state index in [1.165, 1.54) is 121 Å². The van der Waals surface area contributed by atoms with Crippen molar-refractivity contribution in [2.75, 3.05) is 38.9 Å². The summed E-state index contributed by atoms with van der Waals surface area (Å²) in [7, 11) is -10.5. The van der Waals surface area contributed by atoms with E-state index in [2.05, 4.69) is 68.4 Å². The lowest BCUT2D eigenvalue weighted by atomic mass is 9.94. The maximum absolute atomic E-state index is 13.7. The Morgan fingerprint density at radius 2 is 0.768 bits per heavy atom. The van der Waals surface area contributed by atoms with Crippen molar-refractivity contribution in [3.63, 3.8) is 0 Å². The number of benzene rings is 9. The topological polar surface area (TPSA) is 342 Å². The van der Waals surface area contributed by atoms with E-state index in [0.717, 1.165) is 16.6 Å². The number of anilines is 4. The van der Waals surface area contributed by atoms with Crippen LogP contribution in [0.3, 0.4) is 0 Å². The van der Waals surface area contributed by atoms with Crippen LogP contribution in [0, 0.1) is 71.0 Å². The third-order valence-electron chi connectivity index (χ3n) is 15.9. The van der Waals surface area contributed by atoms with E-state index in [0.29, 0.717) is 49.2 Å². The molecule has 10 aromatic rings. The van der Waals surface area contributed by atoms with Crippen molar-refractivity contribution in [2.45, 2.75) is 110 Å². The molecule has 9 aromatic carbocycles. The van der Waals surface area contributed by atoms with Gasteiger partial charge < -0.3 is 21.7 Å². The minimum atomic E-state index is -4.60. The number of amides is 3. The largest absolute Gasteiger partial charge is 0.417 e. The van der Waals surface area contributed by atoms with Crippen LogP contribution in [0.4, 0.5) is 49.1 Å². The van der Waals surface area contributed by atoms with Gasteiger partial charge in [-0.15, -0.1) is 10.2 Å². The molecule has 0 spiro atoms. The van der Waals surface area contributed by atoms with Crippen molar-refractivity contribution in [3.05, 3.63) is 246 Å². The molecule has 1 aromatic heterocycles. The van der Waals surface area contributed by atoms with Crippen molar-refractivity contribution < 1.29 is 66.0 Å². The number of nitrogens with two attached hydrogens (primary N) is 1. The number of carbonyl (C=O) groups excluding carboxylic acids is 3. The Hall–Kier alpha value is -10.9. The molecule has 112 heavy (non-hydrogen) atoms. The van der Waals surface area contributed by atoms with Gasteiger partial charge in [0.1, 0.15) is 12.1 Å². The van der Waals surface area contributed by atoms with Gasteiger partial charge in [0.25, 0.3) is 17.7 Å². The number of nitrogens with zero attached hydrogens (tertiary/aromatic N) is 6. The summed E-state index contributed by atoms with van der Waals surface area (Å²) >= 11 is 6.48. The van der Waals surface area contributed by atoms with Gasteiger partial charge in [0, 0.05) is 59.5 Å². The molecular formula is C81H77Br2F6N11O9S3. The Morgan fingerprint density at radius 3 is 1.12 bits per heavy atom. The highest BCUT2D eigenvalue weighted by Crippen LogP contribution is 2.43. The van der Waals surface area contributed by atoms with Crippen LogP contribution in [-0.4, -0.2) is 80.9 Å². The Balaban J connectivity index is 0.000000222. The van der Waals surface area contributed by atoms with E-state index in [-0.39, 0.29) is 105 Å². The number of sulfone groups is 3. The van der Waals surface area contributed by atoms with Crippen LogP contribution in [-0.2, 0) is 41.9 Å². The second kappa shape index (κ2) is 35.6. The Morgan fingerprint density at radius 1 is 0.429 bits per heavy atom. The molecule has 0 fully saturated rings. The van der Waals surface area contributed by atoms with Gasteiger partial charge in [0.2, 0.25) is 5.82 Å². The summed E-state index contributed by atoms with van der Waals surface area (Å²) in [5.41, 5.74) is 7.47. The molecule has 10 rings (SSSR count). The lowest BCUT2D eigenvalue weighted by Gasteiger charge is -2.19. The minimum Gasteiger partial charge on any atom is -0.399 e. The van der Waals surface area contributed by atoms with Crippen LogP contribution >= 0.6 is 31.9 Å². The smallest absolute Gasteiger partial charge is 0.399 e. The number of nitrogens with one attached hydrogen (secondary N) is 4. The number of nitrogen functional groups attached to an aromatic ring is 1. The molecule has 0 radical (unpaired) electrons. The van der Waals surface area contributed by atoms with Crippen LogP contribution in [0.2, 0.25) is 0 Å². The number of aryl methyl sites for hydroxylation is 3. The van der Waals surface area contributed by atoms with Gasteiger partial charge in [-0.25, -0.2) is 25.3 Å². The minimum absolute atomic E-state index is 0.0300. The summed E-state index contributed by atoms with van der Waals surface area (Å²) < 4.78 is 159. The molecule has 0 aliphatic rings. The molecule has 0 saturated heterocycles. The third-order valence-corrected chi connectivity index (χ3v) is 24.5. The zero-order valence-corrected chi connectivity index (χ0v) is 68.2. The number of aromatic nitrogens is 4. The number of rotatable bonds is 15. The average molecular weight is 1720 g/mol. The summed E-state index contributed by atoms with van der Waals surface area (Å²) in [6, 6.07) is 47.6. The van der Waals surface area contributed by atoms with E-state index in [9.17, 15) is 71.2 Å². The first-order valence-electron chi connectivity index (χ1n) is 33.8. The molecule has 1 heterocycles. The molecular weight excluding hydrogens is 1640 g/mol. The maximum atomic E-state index is 13.7. The first kappa shape index (κ1) is 88.3. The predicted molar refractivity (Wildman–Crippen MR) is 426 cm³/mol. The van der Waals surface area contributed by atoms with Gasteiger partial charge in [-0.05, 0) is 235 Å². The van der Waals surface area contributed by atoms with Crippen LogP contribution in [0.5, 0.6) is 0 Å². The second-order valence-corrected chi connectivity index (χ2v) is 37.0. The molecule has 0 saturated carbocycles. The molecule has 0 aliphatic heterocycles. The first-order chi connectivity index (χ1) is 51.9. The Kier molecular flexibility index (Phi) is 28.1. The van der Waals surface area contributed by atoms with E-state index in [1.54, 1.807) is 63.2 Å². The number of alkyl halides is 6. The fourth-order valence-electron chi connectivity index (χ4n) is 11.5. The summed E-state index contributed by atoms with van der Waals surface area (Å²) in [4.78, 5) is 38.9. The Bertz CT molecular complexity index is 5720. The van der Waals surface area contributed by atoms with Gasteiger partial charge in [0.05, 0.1) is 65.8 Å². The second-order valence-electron chi connectivity index (χ2n) is 29.4. The lowest BCUT2D eigenvalue weighted by Crippen LogP contribution is -2.22. The average Bonchev–Trinajstić information content (AvgIpc) is 1.12. The van der Waals surface area contributed by atoms with Gasteiger partial charge in [-0.3, -0.25) is 14.4 Å². The zero-order chi connectivity index (χ0) is 83.4.